The minimum atomic E-state index is 0.563. The third kappa shape index (κ3) is 1.88. The lowest BCUT2D eigenvalue weighted by Crippen LogP contribution is -2.01. The second-order valence-electron chi connectivity index (χ2n) is 4.55. The van der Waals surface area contributed by atoms with Crippen LogP contribution < -0.4 is 5.32 Å². The van der Waals surface area contributed by atoms with Gasteiger partial charge in [0.05, 0.1) is 11.2 Å². The first-order chi connectivity index (χ1) is 9.70. The maximum absolute atomic E-state index is 9.25. The van der Waals surface area contributed by atoms with Gasteiger partial charge in [0.25, 0.3) is 0 Å². The van der Waals surface area contributed by atoms with Gasteiger partial charge in [-0.2, -0.15) is 10.4 Å². The summed E-state index contributed by atoms with van der Waals surface area (Å²) in [7, 11) is 1.82. The van der Waals surface area contributed by atoms with E-state index < -0.39 is 0 Å². The van der Waals surface area contributed by atoms with E-state index in [4.69, 9.17) is 0 Å². The van der Waals surface area contributed by atoms with E-state index in [1.54, 1.807) is 10.9 Å². The molecule has 0 fully saturated rings. The average molecular weight is 263 g/mol. The van der Waals surface area contributed by atoms with Crippen molar-refractivity contribution in [1.82, 2.24) is 14.8 Å². The molecule has 0 radical (unpaired) electrons. The first-order valence-corrected chi connectivity index (χ1v) is 6.25. The molecule has 0 amide bonds. The molecular weight excluding hydrogens is 250 g/mol. The van der Waals surface area contributed by atoms with Crippen molar-refractivity contribution < 1.29 is 0 Å². The Bertz CT molecular complexity index is 821. The molecule has 3 aromatic rings. The summed E-state index contributed by atoms with van der Waals surface area (Å²) in [6, 6.07) is 11.9. The molecule has 1 aromatic carbocycles. The number of nitrogens with zero attached hydrogens (tertiary/aromatic N) is 4. The van der Waals surface area contributed by atoms with Gasteiger partial charge >= 0.3 is 0 Å². The Labute approximate surface area is 116 Å². The maximum Gasteiger partial charge on any atom is 0.146 e. The molecule has 2 heterocycles. The summed E-state index contributed by atoms with van der Waals surface area (Å²) < 4.78 is 1.68. The molecule has 2 aromatic heterocycles. The van der Waals surface area contributed by atoms with Gasteiger partial charge in [-0.3, -0.25) is 9.67 Å². The van der Waals surface area contributed by atoms with E-state index in [9.17, 15) is 5.26 Å². The van der Waals surface area contributed by atoms with Crippen molar-refractivity contribution in [3.63, 3.8) is 0 Å². The van der Waals surface area contributed by atoms with E-state index in [0.717, 1.165) is 22.3 Å². The van der Waals surface area contributed by atoms with Crippen LogP contribution in [0, 0.1) is 18.3 Å². The van der Waals surface area contributed by atoms with Crippen LogP contribution in [0.25, 0.3) is 10.9 Å². The lowest BCUT2D eigenvalue weighted by atomic mass is 10.1. The number of pyridine rings is 1. The number of hydrogen-bond acceptors (Lipinski definition) is 4. The van der Waals surface area contributed by atoms with E-state index in [0.29, 0.717) is 11.4 Å². The van der Waals surface area contributed by atoms with E-state index in [1.807, 2.05) is 44.3 Å². The maximum atomic E-state index is 9.25. The second kappa shape index (κ2) is 4.67. The van der Waals surface area contributed by atoms with Gasteiger partial charge in [0, 0.05) is 24.3 Å². The molecule has 0 bridgehead atoms. The normalized spacial score (nSPS) is 10.4. The topological polar surface area (TPSA) is 66.5 Å². The zero-order chi connectivity index (χ0) is 14.1. The second-order valence-corrected chi connectivity index (χ2v) is 4.55. The summed E-state index contributed by atoms with van der Waals surface area (Å²) in [5.41, 5.74) is 3.11. The number of aryl methyl sites for hydroxylation is 2. The number of rotatable bonds is 2. The van der Waals surface area contributed by atoms with Crippen molar-refractivity contribution in [2.75, 3.05) is 5.32 Å². The molecule has 0 aliphatic rings. The van der Waals surface area contributed by atoms with Crippen LogP contribution in [0.4, 0.5) is 11.5 Å². The zero-order valence-corrected chi connectivity index (χ0v) is 11.3. The fourth-order valence-electron chi connectivity index (χ4n) is 2.28. The summed E-state index contributed by atoms with van der Waals surface area (Å²) in [5, 5.41) is 17.8. The predicted molar refractivity (Wildman–Crippen MR) is 77.7 cm³/mol. The minimum Gasteiger partial charge on any atom is -0.339 e. The third-order valence-corrected chi connectivity index (χ3v) is 3.23. The van der Waals surface area contributed by atoms with E-state index in [1.165, 1.54) is 0 Å². The van der Waals surface area contributed by atoms with Crippen LogP contribution in [0.1, 0.15) is 11.3 Å². The molecular formula is C15H13N5. The monoisotopic (exact) mass is 263 g/mol. The molecule has 20 heavy (non-hydrogen) atoms. The molecule has 1 N–H and O–H groups in total. The Balaban J connectivity index is 2.13. The summed E-state index contributed by atoms with van der Waals surface area (Å²) in [4.78, 5) is 4.33. The molecule has 0 saturated heterocycles. The molecule has 98 valence electrons. The molecule has 0 atom stereocenters. The van der Waals surface area contributed by atoms with Gasteiger partial charge in [-0.1, -0.05) is 6.07 Å². The zero-order valence-electron chi connectivity index (χ0n) is 11.3. The number of nitriles is 1. The number of anilines is 2. The highest BCUT2D eigenvalue weighted by Gasteiger charge is 2.13. The van der Waals surface area contributed by atoms with Crippen LogP contribution >= 0.6 is 0 Å². The van der Waals surface area contributed by atoms with E-state index in [2.05, 4.69) is 21.5 Å². The average Bonchev–Trinajstić information content (AvgIpc) is 2.73. The number of nitrogens with one attached hydrogen (secondary N) is 1. The van der Waals surface area contributed by atoms with Gasteiger partial charge in [0.2, 0.25) is 0 Å². The van der Waals surface area contributed by atoms with Crippen molar-refractivity contribution in [2.45, 2.75) is 6.92 Å². The molecule has 0 saturated carbocycles. The van der Waals surface area contributed by atoms with Gasteiger partial charge < -0.3 is 5.32 Å². The first kappa shape index (κ1) is 12.2. The highest BCUT2D eigenvalue weighted by atomic mass is 15.3. The number of benzene rings is 1. The summed E-state index contributed by atoms with van der Waals surface area (Å²) >= 11 is 0. The van der Waals surface area contributed by atoms with Gasteiger partial charge in [0.1, 0.15) is 17.5 Å². The third-order valence-electron chi connectivity index (χ3n) is 3.23. The van der Waals surface area contributed by atoms with Crippen molar-refractivity contribution in [2.24, 2.45) is 7.05 Å². The van der Waals surface area contributed by atoms with Gasteiger partial charge in [0.15, 0.2) is 0 Å². The Hall–Kier alpha value is -2.87. The molecule has 3 rings (SSSR count). The number of aromatic nitrogens is 3. The predicted octanol–water partition coefficient (Wildman–Crippen LogP) is 2.89. The van der Waals surface area contributed by atoms with Crippen molar-refractivity contribution in [3.05, 3.63) is 47.8 Å². The Morgan fingerprint density at radius 1 is 1.25 bits per heavy atom. The Morgan fingerprint density at radius 2 is 2.10 bits per heavy atom. The van der Waals surface area contributed by atoms with Crippen molar-refractivity contribution in [1.29, 1.82) is 5.26 Å². The highest BCUT2D eigenvalue weighted by Crippen LogP contribution is 2.27. The lowest BCUT2D eigenvalue weighted by Gasteiger charge is -2.09. The fraction of sp³-hybridized carbons (Fsp3) is 0.133. The van der Waals surface area contributed by atoms with Crippen LogP contribution in [-0.2, 0) is 7.05 Å². The summed E-state index contributed by atoms with van der Waals surface area (Å²) in [6.07, 6.45) is 1.76. The summed E-state index contributed by atoms with van der Waals surface area (Å²) in [6.45, 7) is 1.83. The SMILES string of the molecule is Cc1nn(C)c(Nc2cccc3ncccc23)c1C#N. The van der Waals surface area contributed by atoms with Gasteiger partial charge in [-0.15, -0.1) is 0 Å². The number of fused-ring (bicyclic) bond motifs is 1. The molecule has 0 aliphatic heterocycles. The van der Waals surface area contributed by atoms with Crippen LogP contribution in [0.15, 0.2) is 36.5 Å². The highest BCUT2D eigenvalue weighted by molar-refractivity contribution is 5.93. The van der Waals surface area contributed by atoms with Crippen molar-refractivity contribution >= 4 is 22.4 Å². The Morgan fingerprint density at radius 3 is 2.90 bits per heavy atom. The molecule has 5 heteroatoms. The van der Waals surface area contributed by atoms with Crippen LogP contribution in [0.3, 0.4) is 0 Å². The lowest BCUT2D eigenvalue weighted by molar-refractivity contribution is 0.765. The molecule has 0 unspecified atom stereocenters. The van der Waals surface area contributed by atoms with E-state index >= 15 is 0 Å². The van der Waals surface area contributed by atoms with Crippen molar-refractivity contribution in [3.8, 4) is 6.07 Å². The quantitative estimate of drug-likeness (QED) is 0.772. The standard InChI is InChI=1S/C15H13N5/c1-10-12(9-16)15(20(2)19-10)18-14-7-3-6-13-11(14)5-4-8-17-13/h3-8,18H,1-2H3. The molecule has 0 aliphatic carbocycles. The van der Waals surface area contributed by atoms with Gasteiger partial charge in [-0.25, -0.2) is 0 Å². The minimum absolute atomic E-state index is 0.563. The van der Waals surface area contributed by atoms with E-state index in [-0.39, 0.29) is 0 Å². The largest absolute Gasteiger partial charge is 0.339 e. The fourth-order valence-corrected chi connectivity index (χ4v) is 2.28. The van der Waals surface area contributed by atoms with Crippen LogP contribution in [0.2, 0.25) is 0 Å². The van der Waals surface area contributed by atoms with Gasteiger partial charge in [-0.05, 0) is 31.2 Å². The molecule has 5 nitrogen and oxygen atoms in total. The summed E-state index contributed by atoms with van der Waals surface area (Å²) in [5.74, 6) is 0.696. The number of hydrogen-bond donors (Lipinski definition) is 1. The smallest absolute Gasteiger partial charge is 0.146 e. The first-order valence-electron chi connectivity index (χ1n) is 6.25. The Kier molecular flexibility index (Phi) is 2.84. The van der Waals surface area contributed by atoms with Crippen LogP contribution in [0.5, 0.6) is 0 Å². The molecule has 0 spiro atoms. The van der Waals surface area contributed by atoms with Crippen LogP contribution in [-0.4, -0.2) is 14.8 Å².